The van der Waals surface area contributed by atoms with Crippen LogP contribution in [0.3, 0.4) is 0 Å². The Labute approximate surface area is 52.2 Å². The van der Waals surface area contributed by atoms with Crippen LogP contribution >= 0.6 is 24.4 Å². The van der Waals surface area contributed by atoms with E-state index in [4.69, 9.17) is 5.11 Å². The molecule has 0 radical (unpaired) electrons. The van der Waals surface area contributed by atoms with Crippen LogP contribution in [0.5, 0.6) is 0 Å². The molecule has 0 aliphatic carbocycles. The average molecular weight is 141 g/mol. The van der Waals surface area contributed by atoms with Crippen molar-refractivity contribution in [3.63, 3.8) is 0 Å². The van der Waals surface area contributed by atoms with E-state index >= 15 is 0 Å². The molecule has 0 saturated carbocycles. The molecule has 0 fully saturated rings. The molecule has 1 rings (SSSR count). The first-order chi connectivity index (χ1) is 2.89. The van der Waals surface area contributed by atoms with E-state index in [-0.39, 0.29) is 12.4 Å². The van der Waals surface area contributed by atoms with Gasteiger partial charge in [-0.2, -0.15) is 0 Å². The van der Waals surface area contributed by atoms with Gasteiger partial charge in [0, 0.05) is 17.5 Å². The molecule has 1 aliphatic heterocycles. The van der Waals surface area contributed by atoms with E-state index in [2.05, 4.69) is 4.18 Å². The van der Waals surface area contributed by atoms with E-state index in [1.54, 1.807) is 11.5 Å². The zero-order valence-corrected chi connectivity index (χ0v) is 5.04. The van der Waals surface area contributed by atoms with Gasteiger partial charge in [0.15, 0.2) is 6.29 Å². The molecule has 1 N–H and O–H groups in total. The van der Waals surface area contributed by atoms with Crippen LogP contribution in [-0.2, 0) is 4.18 Å². The number of aliphatic hydroxyl groups is 1. The van der Waals surface area contributed by atoms with Crippen molar-refractivity contribution < 1.29 is 9.29 Å². The van der Waals surface area contributed by atoms with Gasteiger partial charge in [0.1, 0.15) is 0 Å². The number of rotatable bonds is 0. The van der Waals surface area contributed by atoms with E-state index in [1.807, 2.05) is 0 Å². The second-order valence-electron chi connectivity index (χ2n) is 0.912. The Morgan fingerprint density at radius 2 is 2.43 bits per heavy atom. The van der Waals surface area contributed by atoms with Gasteiger partial charge < -0.3 is 5.11 Å². The maximum atomic E-state index is 8.40. The molecule has 0 amide bonds. The summed E-state index contributed by atoms with van der Waals surface area (Å²) in [6.07, 6.45) is 0.903. The number of hydrogen-bond donors (Lipinski definition) is 1. The molecule has 1 unspecified atom stereocenters. The molecule has 7 heavy (non-hydrogen) atoms. The summed E-state index contributed by atoms with van der Waals surface area (Å²) < 4.78 is 4.51. The van der Waals surface area contributed by atoms with Gasteiger partial charge in [-0.25, -0.2) is 0 Å². The van der Waals surface area contributed by atoms with Gasteiger partial charge in [-0.1, -0.05) is 0 Å². The topological polar surface area (TPSA) is 29.5 Å². The van der Waals surface area contributed by atoms with Crippen molar-refractivity contribution in [1.29, 1.82) is 0 Å². The normalized spacial score (nSPS) is 27.3. The van der Waals surface area contributed by atoms with E-state index in [1.165, 1.54) is 0 Å². The van der Waals surface area contributed by atoms with Crippen molar-refractivity contribution in [2.75, 3.05) is 0 Å². The molecular formula is C3H5ClO2S. The highest BCUT2D eigenvalue weighted by molar-refractivity contribution is 7.97. The SMILES string of the molecule is Cl.OC1C=CSO1. The molecule has 0 aromatic heterocycles. The molecule has 1 atom stereocenters. The zero-order valence-electron chi connectivity index (χ0n) is 3.40. The Hall–Kier alpha value is 0.300. The molecule has 42 valence electrons. The lowest BCUT2D eigenvalue weighted by molar-refractivity contribution is 0.0487. The first-order valence-electron chi connectivity index (χ1n) is 1.56. The first-order valence-corrected chi connectivity index (χ1v) is 2.37. The van der Waals surface area contributed by atoms with Crippen molar-refractivity contribution >= 4 is 24.4 Å². The van der Waals surface area contributed by atoms with Gasteiger partial charge in [0.25, 0.3) is 0 Å². The summed E-state index contributed by atoms with van der Waals surface area (Å²) in [7, 11) is 0. The lowest BCUT2D eigenvalue weighted by atomic mass is 10.6. The largest absolute Gasteiger partial charge is 0.364 e. The number of aliphatic hydroxyl groups excluding tert-OH is 1. The zero-order chi connectivity index (χ0) is 4.41. The minimum Gasteiger partial charge on any atom is -0.364 e. The predicted octanol–water partition coefficient (Wildman–Crippen LogP) is 0.919. The molecule has 0 aromatic carbocycles. The van der Waals surface area contributed by atoms with Crippen LogP contribution in [0, 0.1) is 0 Å². The third-order valence-corrected chi connectivity index (χ3v) is 1.03. The van der Waals surface area contributed by atoms with E-state index in [0.29, 0.717) is 0 Å². The Bertz CT molecular complexity index is 75.3. The molecule has 2 nitrogen and oxygen atoms in total. The van der Waals surface area contributed by atoms with E-state index in [9.17, 15) is 0 Å². The number of halogens is 1. The third-order valence-electron chi connectivity index (χ3n) is 0.453. The molecular weight excluding hydrogens is 136 g/mol. The minimum absolute atomic E-state index is 0. The molecule has 1 aliphatic rings. The van der Waals surface area contributed by atoms with Crippen molar-refractivity contribution in [3.05, 3.63) is 11.5 Å². The summed E-state index contributed by atoms with van der Waals surface area (Å²) in [6.45, 7) is 0. The van der Waals surface area contributed by atoms with Gasteiger partial charge in [-0.3, -0.25) is 4.18 Å². The van der Waals surface area contributed by atoms with Crippen molar-refractivity contribution in [3.8, 4) is 0 Å². The summed E-state index contributed by atoms with van der Waals surface area (Å²) in [5.74, 6) is 0. The standard InChI is InChI=1S/C3H4O2S.ClH/c4-3-1-2-6-5-3;/h1-4H;1H. The second kappa shape index (κ2) is 3.32. The van der Waals surface area contributed by atoms with Crippen molar-refractivity contribution in [2.24, 2.45) is 0 Å². The summed E-state index contributed by atoms with van der Waals surface area (Å²) >= 11 is 1.15. The van der Waals surface area contributed by atoms with Crippen LogP contribution in [0.2, 0.25) is 0 Å². The third kappa shape index (κ3) is 2.19. The summed E-state index contributed by atoms with van der Waals surface area (Å²) in [4.78, 5) is 0. The summed E-state index contributed by atoms with van der Waals surface area (Å²) in [5, 5.41) is 10.1. The fourth-order valence-corrected chi connectivity index (χ4v) is 0.661. The quantitative estimate of drug-likeness (QED) is 0.508. The van der Waals surface area contributed by atoms with Crippen LogP contribution in [0.4, 0.5) is 0 Å². The van der Waals surface area contributed by atoms with Crippen LogP contribution in [0.1, 0.15) is 0 Å². The smallest absolute Gasteiger partial charge is 0.188 e. The van der Waals surface area contributed by atoms with Gasteiger partial charge in [0.05, 0.1) is 0 Å². The molecule has 4 heteroatoms. The number of hydrogen-bond acceptors (Lipinski definition) is 3. The Morgan fingerprint density at radius 1 is 1.71 bits per heavy atom. The monoisotopic (exact) mass is 140 g/mol. The van der Waals surface area contributed by atoms with Gasteiger partial charge >= 0.3 is 0 Å². The summed E-state index contributed by atoms with van der Waals surface area (Å²) in [6, 6.07) is 0. The van der Waals surface area contributed by atoms with Gasteiger partial charge in [-0.15, -0.1) is 12.4 Å². The molecule has 0 spiro atoms. The van der Waals surface area contributed by atoms with Crippen LogP contribution in [0.15, 0.2) is 11.5 Å². The predicted molar refractivity (Wildman–Crippen MR) is 31.1 cm³/mol. The fraction of sp³-hybridized carbons (Fsp3) is 0.333. The molecule has 0 saturated heterocycles. The molecule has 1 heterocycles. The maximum Gasteiger partial charge on any atom is 0.188 e. The van der Waals surface area contributed by atoms with E-state index in [0.717, 1.165) is 12.0 Å². The van der Waals surface area contributed by atoms with Crippen molar-refractivity contribution in [1.82, 2.24) is 0 Å². The van der Waals surface area contributed by atoms with Crippen LogP contribution in [-0.4, -0.2) is 11.4 Å². The fourth-order valence-electron chi connectivity index (χ4n) is 0.220. The Kier molecular flexibility index (Phi) is 3.46. The highest BCUT2D eigenvalue weighted by atomic mass is 35.5. The second-order valence-corrected chi connectivity index (χ2v) is 1.57. The highest BCUT2D eigenvalue weighted by Gasteiger charge is 2.02. The van der Waals surface area contributed by atoms with Crippen LogP contribution < -0.4 is 0 Å². The lowest BCUT2D eigenvalue weighted by Crippen LogP contribution is -1.95. The van der Waals surface area contributed by atoms with Crippen LogP contribution in [0.25, 0.3) is 0 Å². The summed E-state index contributed by atoms with van der Waals surface area (Å²) in [5.41, 5.74) is 0. The molecule has 0 bridgehead atoms. The van der Waals surface area contributed by atoms with Gasteiger partial charge in [-0.05, 0) is 6.08 Å². The first kappa shape index (κ1) is 7.30. The average Bonchev–Trinajstić information content (AvgIpc) is 1.86. The molecule has 0 aromatic rings. The van der Waals surface area contributed by atoms with Gasteiger partial charge in [0.2, 0.25) is 0 Å². The van der Waals surface area contributed by atoms with Crippen molar-refractivity contribution in [2.45, 2.75) is 6.29 Å². The Morgan fingerprint density at radius 3 is 2.57 bits per heavy atom. The Balaban J connectivity index is 0.000000360. The maximum absolute atomic E-state index is 8.40. The lowest BCUT2D eigenvalue weighted by Gasteiger charge is -1.90. The highest BCUT2D eigenvalue weighted by Crippen LogP contribution is 2.15. The van der Waals surface area contributed by atoms with E-state index < -0.39 is 6.29 Å². The minimum atomic E-state index is -0.671.